The molecule has 0 aromatic heterocycles. The number of amides is 1. The van der Waals surface area contributed by atoms with Gasteiger partial charge in [0.25, 0.3) is 11.6 Å². The lowest BCUT2D eigenvalue weighted by atomic mass is 10.0. The molecule has 1 aliphatic heterocycles. The fraction of sp³-hybridized carbons (Fsp3) is 0.316. The third-order valence-electron chi connectivity index (χ3n) is 4.78. The summed E-state index contributed by atoms with van der Waals surface area (Å²) in [6.07, 6.45) is 0. The van der Waals surface area contributed by atoms with E-state index in [0.29, 0.717) is 17.7 Å². The monoisotopic (exact) mass is 339 g/mol. The molecule has 25 heavy (non-hydrogen) atoms. The summed E-state index contributed by atoms with van der Waals surface area (Å²) in [5.74, 6) is -0.198. The van der Waals surface area contributed by atoms with Crippen molar-refractivity contribution in [1.82, 2.24) is 0 Å². The van der Waals surface area contributed by atoms with Gasteiger partial charge < -0.3 is 9.80 Å². The number of fused-ring (bicyclic) bond motifs is 1. The number of nitro benzene ring substituents is 1. The molecule has 1 amide bonds. The van der Waals surface area contributed by atoms with Crippen LogP contribution >= 0.6 is 0 Å². The van der Waals surface area contributed by atoms with E-state index in [0.717, 1.165) is 17.9 Å². The lowest BCUT2D eigenvalue weighted by Gasteiger charge is -2.42. The number of hydrogen-bond donors (Lipinski definition) is 0. The molecule has 6 heteroatoms. The van der Waals surface area contributed by atoms with E-state index >= 15 is 0 Å². The van der Waals surface area contributed by atoms with Gasteiger partial charge in [0.15, 0.2) is 0 Å². The van der Waals surface area contributed by atoms with E-state index in [-0.39, 0.29) is 17.6 Å². The second kappa shape index (κ2) is 6.55. The molecule has 0 bridgehead atoms. The Labute approximate surface area is 146 Å². The molecule has 0 saturated heterocycles. The van der Waals surface area contributed by atoms with Crippen molar-refractivity contribution >= 4 is 23.0 Å². The van der Waals surface area contributed by atoms with Gasteiger partial charge in [0.05, 0.1) is 16.3 Å². The Hall–Kier alpha value is -2.89. The van der Waals surface area contributed by atoms with Crippen LogP contribution in [0.25, 0.3) is 0 Å². The number of benzene rings is 2. The van der Waals surface area contributed by atoms with E-state index in [1.807, 2.05) is 24.3 Å². The predicted octanol–water partition coefficient (Wildman–Crippen LogP) is 3.78. The topological polar surface area (TPSA) is 66.7 Å². The summed E-state index contributed by atoms with van der Waals surface area (Å²) in [6.45, 7) is 7.21. The lowest BCUT2D eigenvalue weighted by Crippen LogP contribution is -2.49. The summed E-state index contributed by atoms with van der Waals surface area (Å²) in [5, 5.41) is 11.2. The molecule has 2 aromatic carbocycles. The zero-order chi connectivity index (χ0) is 18.1. The number of rotatable bonds is 3. The van der Waals surface area contributed by atoms with Crippen LogP contribution in [0.15, 0.2) is 42.5 Å². The molecule has 1 aliphatic rings. The lowest BCUT2D eigenvalue weighted by molar-refractivity contribution is -0.385. The molecule has 2 aromatic rings. The first kappa shape index (κ1) is 17.0. The van der Waals surface area contributed by atoms with Crippen molar-refractivity contribution in [3.05, 3.63) is 63.7 Å². The van der Waals surface area contributed by atoms with Crippen LogP contribution in [0.4, 0.5) is 17.1 Å². The summed E-state index contributed by atoms with van der Waals surface area (Å²) in [4.78, 5) is 27.9. The molecule has 0 radical (unpaired) electrons. The van der Waals surface area contributed by atoms with E-state index in [9.17, 15) is 14.9 Å². The van der Waals surface area contributed by atoms with Gasteiger partial charge in [-0.25, -0.2) is 0 Å². The van der Waals surface area contributed by atoms with Crippen LogP contribution in [0.5, 0.6) is 0 Å². The van der Waals surface area contributed by atoms with Crippen LogP contribution in [0.2, 0.25) is 0 Å². The number of carbonyl (C=O) groups excluding carboxylic acids is 1. The minimum atomic E-state index is -0.447. The summed E-state index contributed by atoms with van der Waals surface area (Å²) in [5.41, 5.74) is 2.61. The molecular weight excluding hydrogens is 318 g/mol. The van der Waals surface area contributed by atoms with E-state index in [1.54, 1.807) is 24.0 Å². The zero-order valence-corrected chi connectivity index (χ0v) is 14.6. The third-order valence-corrected chi connectivity index (χ3v) is 4.78. The normalized spacial score (nSPS) is 16.5. The number of anilines is 2. The first-order valence-corrected chi connectivity index (χ1v) is 8.37. The fourth-order valence-corrected chi connectivity index (χ4v) is 3.51. The molecule has 0 N–H and O–H groups in total. The van der Waals surface area contributed by atoms with Crippen molar-refractivity contribution < 1.29 is 9.72 Å². The van der Waals surface area contributed by atoms with Gasteiger partial charge in [-0.15, -0.1) is 0 Å². The molecule has 0 aliphatic carbocycles. The van der Waals surface area contributed by atoms with Gasteiger partial charge >= 0.3 is 0 Å². The molecule has 0 spiro atoms. The summed E-state index contributed by atoms with van der Waals surface area (Å²) >= 11 is 0. The van der Waals surface area contributed by atoms with Gasteiger partial charge in [-0.3, -0.25) is 14.9 Å². The van der Waals surface area contributed by atoms with Crippen LogP contribution in [0.3, 0.4) is 0 Å². The molecule has 1 atom stereocenters. The van der Waals surface area contributed by atoms with E-state index in [1.165, 1.54) is 6.07 Å². The Kier molecular flexibility index (Phi) is 4.44. The van der Waals surface area contributed by atoms with Crippen LogP contribution in [0, 0.1) is 17.0 Å². The zero-order valence-electron chi connectivity index (χ0n) is 14.6. The van der Waals surface area contributed by atoms with Gasteiger partial charge in [-0.1, -0.05) is 18.2 Å². The van der Waals surface area contributed by atoms with Crippen molar-refractivity contribution in [1.29, 1.82) is 0 Å². The van der Waals surface area contributed by atoms with Gasteiger partial charge in [0.2, 0.25) is 0 Å². The number of likely N-dealkylation sites (N-methyl/N-ethyl adjacent to an activating group) is 1. The standard InChI is InChI=1S/C19H21N3O3/c1-4-20-13(2)12-21(18-10-6-5-9-17(18)20)19(23)15-8-7-11-16(14(15)3)22(24)25/h5-11,13H,4,12H2,1-3H3. The average Bonchev–Trinajstić information content (AvgIpc) is 2.60. The van der Waals surface area contributed by atoms with E-state index in [2.05, 4.69) is 18.7 Å². The van der Waals surface area contributed by atoms with Crippen LogP contribution in [-0.4, -0.2) is 30.0 Å². The summed E-state index contributed by atoms with van der Waals surface area (Å²) < 4.78 is 0. The van der Waals surface area contributed by atoms with Crippen molar-refractivity contribution in [3.63, 3.8) is 0 Å². The largest absolute Gasteiger partial charge is 0.366 e. The second-order valence-electron chi connectivity index (χ2n) is 6.25. The van der Waals surface area contributed by atoms with Crippen LogP contribution < -0.4 is 9.80 Å². The minimum absolute atomic E-state index is 0.0284. The Balaban J connectivity index is 2.07. The van der Waals surface area contributed by atoms with Gasteiger partial charge in [-0.2, -0.15) is 0 Å². The van der Waals surface area contributed by atoms with Crippen molar-refractivity contribution in [3.8, 4) is 0 Å². The molecule has 0 fully saturated rings. The van der Waals surface area contributed by atoms with E-state index in [4.69, 9.17) is 0 Å². The number of hydrogen-bond acceptors (Lipinski definition) is 4. The molecule has 1 heterocycles. The number of carbonyl (C=O) groups is 1. The van der Waals surface area contributed by atoms with E-state index < -0.39 is 4.92 Å². The Bertz CT molecular complexity index is 834. The van der Waals surface area contributed by atoms with Gasteiger partial charge in [-0.05, 0) is 39.0 Å². The highest BCUT2D eigenvalue weighted by Crippen LogP contribution is 2.36. The Morgan fingerprint density at radius 1 is 1.20 bits per heavy atom. The summed E-state index contributed by atoms with van der Waals surface area (Å²) in [6, 6.07) is 12.6. The SMILES string of the molecule is CCN1c2ccccc2N(C(=O)c2cccc([N+](=O)[O-])c2C)CC1C. The van der Waals surface area contributed by atoms with Gasteiger partial charge in [0, 0.05) is 36.3 Å². The summed E-state index contributed by atoms with van der Waals surface area (Å²) in [7, 11) is 0. The maximum atomic E-state index is 13.2. The number of nitrogens with zero attached hydrogens (tertiary/aromatic N) is 3. The molecule has 130 valence electrons. The smallest absolute Gasteiger partial charge is 0.273 e. The maximum Gasteiger partial charge on any atom is 0.273 e. The average molecular weight is 339 g/mol. The van der Waals surface area contributed by atoms with Gasteiger partial charge in [0.1, 0.15) is 0 Å². The third kappa shape index (κ3) is 2.84. The quantitative estimate of drug-likeness (QED) is 0.630. The minimum Gasteiger partial charge on any atom is -0.366 e. The second-order valence-corrected chi connectivity index (χ2v) is 6.25. The number of nitro groups is 1. The number of para-hydroxylation sites is 2. The predicted molar refractivity (Wildman–Crippen MR) is 98.4 cm³/mol. The first-order valence-electron chi connectivity index (χ1n) is 8.37. The maximum absolute atomic E-state index is 13.2. The molecule has 1 unspecified atom stereocenters. The Morgan fingerprint density at radius 3 is 2.52 bits per heavy atom. The fourth-order valence-electron chi connectivity index (χ4n) is 3.51. The molecule has 3 rings (SSSR count). The Morgan fingerprint density at radius 2 is 1.88 bits per heavy atom. The van der Waals surface area contributed by atoms with Crippen LogP contribution in [-0.2, 0) is 0 Å². The highest BCUT2D eigenvalue weighted by atomic mass is 16.6. The van der Waals surface area contributed by atoms with Crippen molar-refractivity contribution in [2.45, 2.75) is 26.8 Å². The first-order chi connectivity index (χ1) is 12.0. The van der Waals surface area contributed by atoms with Crippen LogP contribution in [0.1, 0.15) is 29.8 Å². The molecular formula is C19H21N3O3. The van der Waals surface area contributed by atoms with Crippen molar-refractivity contribution in [2.24, 2.45) is 0 Å². The molecule has 0 saturated carbocycles. The van der Waals surface area contributed by atoms with Crippen molar-refractivity contribution in [2.75, 3.05) is 22.9 Å². The highest BCUT2D eigenvalue weighted by molar-refractivity contribution is 6.09. The molecule has 6 nitrogen and oxygen atoms in total. The highest BCUT2D eigenvalue weighted by Gasteiger charge is 2.32.